The zero-order valence-corrected chi connectivity index (χ0v) is 13.6. The van der Waals surface area contributed by atoms with Gasteiger partial charge in [-0.3, -0.25) is 4.99 Å². The molecule has 18 heavy (non-hydrogen) atoms. The number of aliphatic imine (C=N–C) groups is 1. The first-order valence-electron chi connectivity index (χ1n) is 6.98. The van der Waals surface area contributed by atoms with Crippen molar-refractivity contribution >= 4 is 16.9 Å². The van der Waals surface area contributed by atoms with E-state index in [1.54, 1.807) is 0 Å². The van der Waals surface area contributed by atoms with Gasteiger partial charge >= 0.3 is 0 Å². The number of nitrogens with zero attached hydrogens (tertiary/aromatic N) is 2. The van der Waals surface area contributed by atoms with Gasteiger partial charge in [-0.1, -0.05) is 32.5 Å². The Balaban J connectivity index is 2.64. The fraction of sp³-hybridized carbons (Fsp3) is 0.929. The van der Waals surface area contributed by atoms with E-state index < -0.39 is 0 Å². The summed E-state index contributed by atoms with van der Waals surface area (Å²) in [5.74, 6) is 1.84. The number of rotatable bonds is 6. The van der Waals surface area contributed by atoms with Crippen molar-refractivity contribution in [3.8, 4) is 0 Å². The van der Waals surface area contributed by atoms with E-state index >= 15 is 0 Å². The number of thioether (sulfide) groups is 1. The number of nitrogens with one attached hydrogen (secondary N) is 1. The van der Waals surface area contributed by atoms with Crippen molar-refractivity contribution < 1.29 is 0 Å². The number of hydrogen-bond acceptors (Lipinski definition) is 3. The Morgan fingerprint density at radius 3 is 2.56 bits per heavy atom. The monoisotopic (exact) mass is 271 g/mol. The molecule has 2 atom stereocenters. The van der Waals surface area contributed by atoms with Crippen LogP contribution in [-0.2, 0) is 0 Å². The van der Waals surface area contributed by atoms with Gasteiger partial charge in [-0.05, 0) is 39.8 Å². The summed E-state index contributed by atoms with van der Waals surface area (Å²) in [6.45, 7) is 10.1. The smallest absolute Gasteiger partial charge is 0.157 e. The second-order valence-corrected chi connectivity index (χ2v) is 7.27. The van der Waals surface area contributed by atoms with Gasteiger partial charge in [0.25, 0.3) is 0 Å². The quantitative estimate of drug-likeness (QED) is 0.805. The van der Waals surface area contributed by atoms with E-state index in [0.717, 1.165) is 30.3 Å². The second kappa shape index (κ2) is 6.80. The van der Waals surface area contributed by atoms with Crippen LogP contribution >= 0.6 is 11.8 Å². The molecule has 1 saturated heterocycles. The van der Waals surface area contributed by atoms with Crippen LogP contribution in [0.25, 0.3) is 0 Å². The molecule has 1 N–H and O–H groups in total. The highest BCUT2D eigenvalue weighted by molar-refractivity contribution is 8.14. The molecule has 0 radical (unpaired) electrons. The molecule has 0 aromatic carbocycles. The molecule has 106 valence electrons. The highest BCUT2D eigenvalue weighted by Gasteiger charge is 2.31. The van der Waals surface area contributed by atoms with E-state index in [0.29, 0.717) is 12.0 Å². The lowest BCUT2D eigenvalue weighted by Gasteiger charge is -2.22. The number of likely N-dealkylation sites (N-methyl/N-ethyl adjacent to an activating group) is 1. The van der Waals surface area contributed by atoms with Crippen LogP contribution in [0.5, 0.6) is 0 Å². The average molecular weight is 271 g/mol. The summed E-state index contributed by atoms with van der Waals surface area (Å²) in [6.07, 6.45) is 2.31. The van der Waals surface area contributed by atoms with Gasteiger partial charge in [0.2, 0.25) is 0 Å². The first kappa shape index (κ1) is 15.8. The molecule has 2 unspecified atom stereocenters. The Hall–Kier alpha value is -0.220. The third kappa shape index (κ3) is 5.19. The fourth-order valence-electron chi connectivity index (χ4n) is 2.12. The maximum Gasteiger partial charge on any atom is 0.157 e. The van der Waals surface area contributed by atoms with E-state index in [2.05, 4.69) is 52.0 Å². The molecule has 1 heterocycles. The minimum atomic E-state index is 0.240. The fourth-order valence-corrected chi connectivity index (χ4v) is 3.39. The second-order valence-electron chi connectivity index (χ2n) is 6.31. The van der Waals surface area contributed by atoms with Crippen molar-refractivity contribution in [3.05, 3.63) is 0 Å². The molecule has 1 aliphatic heterocycles. The molecule has 1 aliphatic rings. The Bertz CT molecular complexity index is 279. The van der Waals surface area contributed by atoms with Gasteiger partial charge in [0.1, 0.15) is 0 Å². The van der Waals surface area contributed by atoms with Gasteiger partial charge in [0, 0.05) is 17.8 Å². The predicted octanol–water partition coefficient (Wildman–Crippen LogP) is 2.82. The van der Waals surface area contributed by atoms with Gasteiger partial charge in [-0.15, -0.1) is 0 Å². The molecule has 4 heteroatoms. The largest absolute Gasteiger partial charge is 0.359 e. The Labute approximate surface area is 117 Å². The third-order valence-corrected chi connectivity index (χ3v) is 4.60. The summed E-state index contributed by atoms with van der Waals surface area (Å²) in [7, 11) is 4.25. The molecule has 0 aromatic rings. The van der Waals surface area contributed by atoms with Crippen LogP contribution in [0.1, 0.15) is 40.5 Å². The van der Waals surface area contributed by atoms with Crippen LogP contribution in [0.15, 0.2) is 4.99 Å². The summed E-state index contributed by atoms with van der Waals surface area (Å²) in [5.41, 5.74) is 0.240. The molecular weight excluding hydrogens is 242 g/mol. The molecule has 0 aliphatic carbocycles. The topological polar surface area (TPSA) is 27.6 Å². The van der Waals surface area contributed by atoms with Crippen LogP contribution in [0, 0.1) is 5.92 Å². The maximum absolute atomic E-state index is 4.93. The predicted molar refractivity (Wildman–Crippen MR) is 83.5 cm³/mol. The van der Waals surface area contributed by atoms with Crippen LogP contribution in [0.3, 0.4) is 0 Å². The zero-order chi connectivity index (χ0) is 13.8. The Morgan fingerprint density at radius 2 is 2.11 bits per heavy atom. The van der Waals surface area contributed by atoms with Crippen LogP contribution in [0.2, 0.25) is 0 Å². The third-order valence-electron chi connectivity index (χ3n) is 3.34. The average Bonchev–Trinajstić information content (AvgIpc) is 2.59. The normalized spacial score (nSPS) is 28.1. The van der Waals surface area contributed by atoms with Crippen molar-refractivity contribution in [2.75, 3.05) is 26.4 Å². The van der Waals surface area contributed by atoms with E-state index in [1.165, 1.54) is 0 Å². The van der Waals surface area contributed by atoms with Crippen LogP contribution in [0.4, 0.5) is 0 Å². The Kier molecular flexibility index (Phi) is 5.99. The van der Waals surface area contributed by atoms with Crippen LogP contribution in [-0.4, -0.2) is 48.0 Å². The number of hydrogen-bond donors (Lipinski definition) is 1. The molecule has 1 fully saturated rings. The van der Waals surface area contributed by atoms with E-state index in [4.69, 9.17) is 4.99 Å². The lowest BCUT2D eigenvalue weighted by Crippen LogP contribution is -2.40. The maximum atomic E-state index is 4.93. The summed E-state index contributed by atoms with van der Waals surface area (Å²) in [5, 5.41) is 4.73. The lowest BCUT2D eigenvalue weighted by atomic mass is 10.0. The van der Waals surface area contributed by atoms with Gasteiger partial charge in [-0.25, -0.2) is 0 Å². The molecule has 0 saturated carbocycles. The summed E-state index contributed by atoms with van der Waals surface area (Å²) in [6, 6.07) is 0.411. The molecular formula is C14H29N3S. The van der Waals surface area contributed by atoms with Gasteiger partial charge in [0.15, 0.2) is 5.17 Å². The first-order valence-corrected chi connectivity index (χ1v) is 7.96. The van der Waals surface area contributed by atoms with Crippen molar-refractivity contribution in [1.29, 1.82) is 0 Å². The zero-order valence-electron chi connectivity index (χ0n) is 12.8. The van der Waals surface area contributed by atoms with Crippen molar-refractivity contribution in [3.63, 3.8) is 0 Å². The Morgan fingerprint density at radius 1 is 1.44 bits per heavy atom. The lowest BCUT2D eigenvalue weighted by molar-refractivity contribution is 0.344. The molecule has 3 nitrogen and oxygen atoms in total. The summed E-state index contributed by atoms with van der Waals surface area (Å²) < 4.78 is 0. The minimum absolute atomic E-state index is 0.240. The minimum Gasteiger partial charge on any atom is -0.359 e. The molecule has 1 rings (SSSR count). The van der Waals surface area contributed by atoms with Crippen molar-refractivity contribution in [2.45, 2.75) is 52.1 Å². The molecule has 0 bridgehead atoms. The summed E-state index contributed by atoms with van der Waals surface area (Å²) >= 11 is 1.88. The van der Waals surface area contributed by atoms with Crippen molar-refractivity contribution in [2.24, 2.45) is 10.9 Å². The highest BCUT2D eigenvalue weighted by atomic mass is 32.2. The van der Waals surface area contributed by atoms with Gasteiger partial charge in [-0.2, -0.15) is 0 Å². The van der Waals surface area contributed by atoms with Crippen molar-refractivity contribution in [1.82, 2.24) is 10.2 Å². The molecule has 0 amide bonds. The molecule has 0 spiro atoms. The van der Waals surface area contributed by atoms with E-state index in [1.807, 2.05) is 11.8 Å². The van der Waals surface area contributed by atoms with Gasteiger partial charge < -0.3 is 10.2 Å². The van der Waals surface area contributed by atoms with Gasteiger partial charge in [0.05, 0.1) is 6.04 Å². The standard InChI is InChI=1S/C14H29N3S/c1-7-14(4)10-18-13(16-14)15-12(8-11(2)3)9-17(5)6/h11-12H,7-10H2,1-6H3,(H,15,16). The van der Waals surface area contributed by atoms with E-state index in [9.17, 15) is 0 Å². The number of amidine groups is 1. The summed E-state index contributed by atoms with van der Waals surface area (Å²) in [4.78, 5) is 7.16. The van der Waals surface area contributed by atoms with E-state index in [-0.39, 0.29) is 5.54 Å². The SMILES string of the molecule is CCC1(C)CSC(=NC(CC(C)C)CN(C)C)N1. The highest BCUT2D eigenvalue weighted by Crippen LogP contribution is 2.26. The van der Waals surface area contributed by atoms with Crippen LogP contribution < -0.4 is 5.32 Å². The first-order chi connectivity index (χ1) is 8.34. The molecule has 0 aromatic heterocycles.